The van der Waals surface area contributed by atoms with E-state index < -0.39 is 0 Å². The minimum Gasteiger partial charge on any atom is -0.358 e. The van der Waals surface area contributed by atoms with E-state index in [-0.39, 0.29) is 5.91 Å². The van der Waals surface area contributed by atoms with Crippen molar-refractivity contribution in [1.29, 1.82) is 5.26 Å². The molecule has 0 aliphatic rings. The Bertz CT molecular complexity index is 129. The smallest absolute Gasteiger partial charge is 0.229 e. The van der Waals surface area contributed by atoms with Crippen molar-refractivity contribution in [3.63, 3.8) is 0 Å². The monoisotopic (exact) mass is 144 g/mol. The molecule has 4 heteroatoms. The molecule has 0 unspecified atom stereocenters. The van der Waals surface area contributed by atoms with Gasteiger partial charge in [0.05, 0.1) is 17.6 Å². The average molecular weight is 144 g/mol. The molecule has 0 aromatic rings. The SMILES string of the molecule is CNC(=O)CSCC#N. The summed E-state index contributed by atoms with van der Waals surface area (Å²) in [4.78, 5) is 10.4. The first kappa shape index (κ1) is 8.31. The Labute approximate surface area is 58.4 Å². The molecule has 0 rings (SSSR count). The summed E-state index contributed by atoms with van der Waals surface area (Å²) in [6.45, 7) is 0. The lowest BCUT2D eigenvalue weighted by atomic mass is 10.7. The first-order valence-corrected chi connectivity index (χ1v) is 3.62. The summed E-state index contributed by atoms with van der Waals surface area (Å²) in [5.74, 6) is 0.729. The van der Waals surface area contributed by atoms with Crippen LogP contribution in [-0.2, 0) is 4.79 Å². The number of thioether (sulfide) groups is 1. The molecule has 1 N–H and O–H groups in total. The van der Waals surface area contributed by atoms with E-state index in [0.29, 0.717) is 11.5 Å². The maximum atomic E-state index is 10.4. The number of nitriles is 1. The molecule has 0 aromatic carbocycles. The Hall–Kier alpha value is -0.690. The van der Waals surface area contributed by atoms with Crippen molar-refractivity contribution in [3.8, 4) is 6.07 Å². The molecule has 9 heavy (non-hydrogen) atoms. The second-order valence-corrected chi connectivity index (χ2v) is 2.31. The first-order chi connectivity index (χ1) is 4.31. The predicted octanol–water partition coefficient (Wildman–Crippen LogP) is -0.0108. The maximum absolute atomic E-state index is 10.4. The van der Waals surface area contributed by atoms with Crippen LogP contribution >= 0.6 is 11.8 Å². The molecule has 50 valence electrons. The molecule has 0 aliphatic heterocycles. The second kappa shape index (κ2) is 5.45. The van der Waals surface area contributed by atoms with Crippen LogP contribution in [0.1, 0.15) is 0 Å². The van der Waals surface area contributed by atoms with Crippen molar-refractivity contribution < 1.29 is 4.79 Å². The van der Waals surface area contributed by atoms with Crippen molar-refractivity contribution in [1.82, 2.24) is 5.32 Å². The van der Waals surface area contributed by atoms with Crippen LogP contribution < -0.4 is 5.32 Å². The number of amides is 1. The molecule has 0 bridgehead atoms. The van der Waals surface area contributed by atoms with Crippen molar-refractivity contribution in [3.05, 3.63) is 0 Å². The molecular weight excluding hydrogens is 136 g/mol. The molecule has 3 nitrogen and oxygen atoms in total. The van der Waals surface area contributed by atoms with Crippen LogP contribution in [0.2, 0.25) is 0 Å². The summed E-state index contributed by atoms with van der Waals surface area (Å²) in [7, 11) is 1.58. The molecule has 0 heterocycles. The predicted molar refractivity (Wildman–Crippen MR) is 37.0 cm³/mol. The van der Waals surface area contributed by atoms with Crippen molar-refractivity contribution in [2.75, 3.05) is 18.6 Å². The van der Waals surface area contributed by atoms with Crippen molar-refractivity contribution in [2.45, 2.75) is 0 Å². The lowest BCUT2D eigenvalue weighted by Gasteiger charge is -1.93. The highest BCUT2D eigenvalue weighted by molar-refractivity contribution is 8.00. The first-order valence-electron chi connectivity index (χ1n) is 2.46. The zero-order valence-electron chi connectivity index (χ0n) is 5.18. The summed E-state index contributed by atoms with van der Waals surface area (Å²) >= 11 is 1.31. The molecule has 0 radical (unpaired) electrons. The number of carbonyl (C=O) groups excluding carboxylic acids is 1. The number of hydrogen-bond donors (Lipinski definition) is 1. The molecule has 0 saturated heterocycles. The van der Waals surface area contributed by atoms with E-state index in [1.165, 1.54) is 11.8 Å². The number of hydrogen-bond acceptors (Lipinski definition) is 3. The number of carbonyl (C=O) groups is 1. The fraction of sp³-hybridized carbons (Fsp3) is 0.600. The van der Waals surface area contributed by atoms with Crippen molar-refractivity contribution in [2.24, 2.45) is 0 Å². The van der Waals surface area contributed by atoms with Gasteiger partial charge in [0.15, 0.2) is 0 Å². The number of nitrogens with one attached hydrogen (secondary N) is 1. The van der Waals surface area contributed by atoms with Crippen LogP contribution in [0.25, 0.3) is 0 Å². The van der Waals surface area contributed by atoms with Crippen LogP contribution in [0.3, 0.4) is 0 Å². The van der Waals surface area contributed by atoms with Gasteiger partial charge in [-0.05, 0) is 0 Å². The topological polar surface area (TPSA) is 52.9 Å². The molecule has 0 saturated carbocycles. The van der Waals surface area contributed by atoms with Crippen LogP contribution in [0.5, 0.6) is 0 Å². The summed E-state index contributed by atoms with van der Waals surface area (Å²) in [6, 6.07) is 1.93. The summed E-state index contributed by atoms with van der Waals surface area (Å²) in [5.41, 5.74) is 0. The summed E-state index contributed by atoms with van der Waals surface area (Å²) < 4.78 is 0. The Morgan fingerprint density at radius 1 is 1.89 bits per heavy atom. The molecule has 0 atom stereocenters. The Morgan fingerprint density at radius 3 is 3.00 bits per heavy atom. The highest BCUT2D eigenvalue weighted by Gasteiger charge is 1.94. The van der Waals surface area contributed by atoms with Gasteiger partial charge in [-0.2, -0.15) is 5.26 Å². The van der Waals surface area contributed by atoms with Gasteiger partial charge in [0.25, 0.3) is 0 Å². The molecule has 0 aromatic heterocycles. The van der Waals surface area contributed by atoms with E-state index in [0.717, 1.165) is 0 Å². The number of rotatable bonds is 3. The van der Waals surface area contributed by atoms with E-state index in [2.05, 4.69) is 5.32 Å². The number of nitrogens with zero attached hydrogens (tertiary/aromatic N) is 1. The summed E-state index contributed by atoms with van der Waals surface area (Å²) in [6.07, 6.45) is 0. The fourth-order valence-corrected chi connectivity index (χ4v) is 0.785. The summed E-state index contributed by atoms with van der Waals surface area (Å²) in [5, 5.41) is 10.5. The van der Waals surface area contributed by atoms with Gasteiger partial charge in [-0.15, -0.1) is 11.8 Å². The zero-order valence-corrected chi connectivity index (χ0v) is 5.99. The highest BCUT2D eigenvalue weighted by atomic mass is 32.2. The van der Waals surface area contributed by atoms with Gasteiger partial charge in [0.2, 0.25) is 5.91 Å². The third kappa shape index (κ3) is 5.18. The van der Waals surface area contributed by atoms with Gasteiger partial charge in [0.1, 0.15) is 0 Å². The minimum absolute atomic E-state index is 0.0322. The average Bonchev–Trinajstić information content (AvgIpc) is 1.89. The highest BCUT2D eigenvalue weighted by Crippen LogP contribution is 1.95. The van der Waals surface area contributed by atoms with E-state index >= 15 is 0 Å². The van der Waals surface area contributed by atoms with Gasteiger partial charge in [-0.3, -0.25) is 4.79 Å². The Morgan fingerprint density at radius 2 is 2.56 bits per heavy atom. The van der Waals surface area contributed by atoms with Crippen LogP contribution in [0.15, 0.2) is 0 Å². The van der Waals surface area contributed by atoms with E-state index in [1.807, 2.05) is 6.07 Å². The van der Waals surface area contributed by atoms with Gasteiger partial charge >= 0.3 is 0 Å². The normalized spacial score (nSPS) is 8.00. The van der Waals surface area contributed by atoms with E-state index in [4.69, 9.17) is 5.26 Å². The lowest BCUT2D eigenvalue weighted by Crippen LogP contribution is -2.19. The zero-order chi connectivity index (χ0) is 7.11. The standard InChI is InChI=1S/C5H8N2OS/c1-7-5(8)4-9-3-2-6/h3-4H2,1H3,(H,7,8). The van der Waals surface area contributed by atoms with Gasteiger partial charge < -0.3 is 5.32 Å². The van der Waals surface area contributed by atoms with Crippen LogP contribution in [-0.4, -0.2) is 24.5 Å². The lowest BCUT2D eigenvalue weighted by molar-refractivity contribution is -0.118. The fourth-order valence-electron chi connectivity index (χ4n) is 0.262. The molecule has 1 amide bonds. The molecule has 0 spiro atoms. The second-order valence-electron chi connectivity index (χ2n) is 1.32. The minimum atomic E-state index is -0.0322. The quantitative estimate of drug-likeness (QED) is 0.567. The van der Waals surface area contributed by atoms with Gasteiger partial charge in [-0.25, -0.2) is 0 Å². The molecule has 0 fully saturated rings. The van der Waals surface area contributed by atoms with Gasteiger partial charge in [-0.1, -0.05) is 0 Å². The maximum Gasteiger partial charge on any atom is 0.229 e. The Balaban J connectivity index is 3.09. The third-order valence-corrected chi connectivity index (χ3v) is 1.48. The van der Waals surface area contributed by atoms with Gasteiger partial charge in [0, 0.05) is 7.05 Å². The largest absolute Gasteiger partial charge is 0.358 e. The van der Waals surface area contributed by atoms with E-state index in [1.54, 1.807) is 7.05 Å². The van der Waals surface area contributed by atoms with Crippen LogP contribution in [0, 0.1) is 11.3 Å². The molecule has 0 aliphatic carbocycles. The van der Waals surface area contributed by atoms with Crippen LogP contribution in [0.4, 0.5) is 0 Å². The third-order valence-electron chi connectivity index (χ3n) is 0.679. The van der Waals surface area contributed by atoms with E-state index in [9.17, 15) is 4.79 Å². The molecular formula is C5H8N2OS. The Kier molecular flexibility index (Phi) is 5.03. The van der Waals surface area contributed by atoms with Crippen molar-refractivity contribution >= 4 is 17.7 Å².